The molecule has 178 valence electrons. The van der Waals surface area contributed by atoms with Crippen LogP contribution in [0.4, 0.5) is 10.6 Å². The second-order valence-corrected chi connectivity index (χ2v) is 10.0. The van der Waals surface area contributed by atoms with E-state index in [-0.39, 0.29) is 23.5 Å². The first-order valence-electron chi connectivity index (χ1n) is 11.1. The van der Waals surface area contributed by atoms with E-state index < -0.39 is 5.60 Å². The number of nitrogens with zero attached hydrogens (tertiary/aromatic N) is 4. The van der Waals surface area contributed by atoms with Gasteiger partial charge in [-0.15, -0.1) is 0 Å². The van der Waals surface area contributed by atoms with Gasteiger partial charge in [-0.3, -0.25) is 0 Å². The Labute approximate surface area is 199 Å². The molecule has 1 fully saturated rings. The van der Waals surface area contributed by atoms with Gasteiger partial charge in [-0.1, -0.05) is 31.4 Å². The molecular weight excluding hydrogens is 453 g/mol. The highest BCUT2D eigenvalue weighted by Crippen LogP contribution is 2.35. The fourth-order valence-electron chi connectivity index (χ4n) is 3.63. The summed E-state index contributed by atoms with van der Waals surface area (Å²) in [6.07, 6.45) is 6.34. The normalized spacial score (nSPS) is 18.5. The predicted octanol–water partition coefficient (Wildman–Crippen LogP) is 5.71. The molecule has 0 radical (unpaired) electrons. The number of amides is 1. The molecule has 0 unspecified atom stereocenters. The minimum atomic E-state index is -0.514. The van der Waals surface area contributed by atoms with Crippen LogP contribution in [0, 0.1) is 0 Å². The summed E-state index contributed by atoms with van der Waals surface area (Å²) in [6, 6.07) is 0.246. The molecule has 1 saturated carbocycles. The zero-order valence-corrected chi connectivity index (χ0v) is 21.0. The molecule has 0 aromatic carbocycles. The SMILES string of the molecule is CCCCCOCn1cc(Cl)c2c(NC3CC(N(C)C(=O)OC(C)(C)C)C3)nc(Cl)nc21. The van der Waals surface area contributed by atoms with Crippen LogP contribution in [0.5, 0.6) is 0 Å². The van der Waals surface area contributed by atoms with E-state index in [0.29, 0.717) is 29.8 Å². The summed E-state index contributed by atoms with van der Waals surface area (Å²) in [7, 11) is 1.77. The van der Waals surface area contributed by atoms with Crippen molar-refractivity contribution in [1.29, 1.82) is 0 Å². The lowest BCUT2D eigenvalue weighted by Crippen LogP contribution is -2.51. The number of aromatic nitrogens is 3. The standard InChI is InChI=1S/C22H33Cl2N5O3/c1-6-7-8-9-31-13-29-12-16(23)17-18(26-20(24)27-19(17)29)25-14-10-15(11-14)28(5)21(30)32-22(2,3)4/h12,14-15H,6-11,13H2,1-5H3,(H,25,26,27). The van der Waals surface area contributed by atoms with E-state index in [1.807, 2.05) is 25.3 Å². The number of hydrogen-bond acceptors (Lipinski definition) is 6. The number of carbonyl (C=O) groups excluding carboxylic acids is 1. The Bertz CT molecular complexity index is 938. The maximum Gasteiger partial charge on any atom is 0.410 e. The van der Waals surface area contributed by atoms with Crippen LogP contribution >= 0.6 is 23.2 Å². The van der Waals surface area contributed by atoms with E-state index in [2.05, 4.69) is 22.2 Å². The first kappa shape index (κ1) is 24.9. The smallest absolute Gasteiger partial charge is 0.410 e. The van der Waals surface area contributed by atoms with E-state index in [4.69, 9.17) is 32.7 Å². The summed E-state index contributed by atoms with van der Waals surface area (Å²) in [6.45, 7) is 8.78. The molecule has 2 heterocycles. The molecule has 1 amide bonds. The molecule has 1 aliphatic carbocycles. The molecule has 3 rings (SSSR count). The Morgan fingerprint density at radius 2 is 2.00 bits per heavy atom. The van der Waals surface area contributed by atoms with Crippen LogP contribution in [0.2, 0.25) is 10.3 Å². The van der Waals surface area contributed by atoms with Crippen molar-refractivity contribution in [3.8, 4) is 0 Å². The molecule has 0 bridgehead atoms. The molecule has 0 spiro atoms. The molecule has 2 aromatic heterocycles. The summed E-state index contributed by atoms with van der Waals surface area (Å²) in [5, 5.41) is 4.82. The first-order valence-corrected chi connectivity index (χ1v) is 11.9. The topological polar surface area (TPSA) is 81.5 Å². The third kappa shape index (κ3) is 6.17. The van der Waals surface area contributed by atoms with Crippen molar-refractivity contribution in [2.45, 2.75) is 84.2 Å². The lowest BCUT2D eigenvalue weighted by Gasteiger charge is -2.41. The minimum absolute atomic E-state index is 0.103. The second-order valence-electron chi connectivity index (χ2n) is 9.29. The largest absolute Gasteiger partial charge is 0.444 e. The summed E-state index contributed by atoms with van der Waals surface area (Å²) >= 11 is 12.7. The average molecular weight is 486 g/mol. The number of halogens is 2. The Morgan fingerprint density at radius 3 is 2.66 bits per heavy atom. The fourth-order valence-corrected chi connectivity index (χ4v) is 4.09. The van der Waals surface area contributed by atoms with Gasteiger partial charge in [0.1, 0.15) is 18.1 Å². The van der Waals surface area contributed by atoms with Crippen LogP contribution in [0.15, 0.2) is 6.20 Å². The van der Waals surface area contributed by atoms with Gasteiger partial charge in [0.15, 0.2) is 5.65 Å². The van der Waals surface area contributed by atoms with Gasteiger partial charge in [-0.25, -0.2) is 4.79 Å². The second kappa shape index (κ2) is 10.4. The van der Waals surface area contributed by atoms with E-state index in [9.17, 15) is 4.79 Å². The number of ether oxygens (including phenoxy) is 2. The van der Waals surface area contributed by atoms with Crippen LogP contribution < -0.4 is 5.32 Å². The van der Waals surface area contributed by atoms with Crippen LogP contribution in [0.25, 0.3) is 11.0 Å². The lowest BCUT2D eigenvalue weighted by atomic mass is 9.86. The highest BCUT2D eigenvalue weighted by atomic mass is 35.5. The van der Waals surface area contributed by atoms with Gasteiger partial charge in [-0.2, -0.15) is 9.97 Å². The van der Waals surface area contributed by atoms with E-state index in [0.717, 1.165) is 37.5 Å². The number of fused-ring (bicyclic) bond motifs is 1. The molecule has 0 saturated heterocycles. The van der Waals surface area contributed by atoms with Gasteiger partial charge in [0.2, 0.25) is 5.28 Å². The Balaban J connectivity index is 1.64. The van der Waals surface area contributed by atoms with Gasteiger partial charge in [-0.05, 0) is 51.6 Å². The zero-order chi connectivity index (χ0) is 23.5. The molecule has 2 aromatic rings. The maximum atomic E-state index is 12.3. The van der Waals surface area contributed by atoms with Crippen molar-refractivity contribution < 1.29 is 14.3 Å². The average Bonchev–Trinajstić information content (AvgIpc) is 2.97. The summed E-state index contributed by atoms with van der Waals surface area (Å²) < 4.78 is 13.1. The molecule has 0 atom stereocenters. The van der Waals surface area contributed by atoms with Gasteiger partial charge in [0, 0.05) is 31.9 Å². The van der Waals surface area contributed by atoms with Crippen molar-refractivity contribution in [3.63, 3.8) is 0 Å². The number of carbonyl (C=O) groups is 1. The molecule has 8 nitrogen and oxygen atoms in total. The molecular formula is C22H33Cl2N5O3. The van der Waals surface area contributed by atoms with Crippen molar-refractivity contribution in [1.82, 2.24) is 19.4 Å². The zero-order valence-electron chi connectivity index (χ0n) is 19.5. The van der Waals surface area contributed by atoms with Crippen LogP contribution in [0.3, 0.4) is 0 Å². The minimum Gasteiger partial charge on any atom is -0.444 e. The van der Waals surface area contributed by atoms with Crippen LogP contribution in [-0.4, -0.2) is 56.9 Å². The number of rotatable bonds is 9. The monoisotopic (exact) mass is 485 g/mol. The van der Waals surface area contributed by atoms with Crippen molar-refractivity contribution >= 4 is 46.1 Å². The third-order valence-electron chi connectivity index (χ3n) is 5.45. The van der Waals surface area contributed by atoms with Crippen molar-refractivity contribution in [2.24, 2.45) is 0 Å². The van der Waals surface area contributed by atoms with Crippen molar-refractivity contribution in [2.75, 3.05) is 19.0 Å². The number of hydrogen-bond donors (Lipinski definition) is 1. The highest BCUT2D eigenvalue weighted by Gasteiger charge is 2.36. The molecule has 0 aliphatic heterocycles. The van der Waals surface area contributed by atoms with Gasteiger partial charge >= 0.3 is 6.09 Å². The van der Waals surface area contributed by atoms with E-state index in [1.165, 1.54) is 0 Å². The fraction of sp³-hybridized carbons (Fsp3) is 0.682. The molecule has 1 aliphatic rings. The number of unbranched alkanes of at least 4 members (excludes halogenated alkanes) is 2. The highest BCUT2D eigenvalue weighted by molar-refractivity contribution is 6.36. The van der Waals surface area contributed by atoms with Gasteiger partial charge in [0.05, 0.1) is 10.4 Å². The summed E-state index contributed by atoms with van der Waals surface area (Å²) in [5.74, 6) is 0.595. The quantitative estimate of drug-likeness (QED) is 0.361. The summed E-state index contributed by atoms with van der Waals surface area (Å²) in [5.41, 5.74) is 0.120. The Hall–Kier alpha value is -1.77. The molecule has 1 N–H and O–H groups in total. The van der Waals surface area contributed by atoms with Crippen LogP contribution in [0.1, 0.15) is 59.8 Å². The summed E-state index contributed by atoms with van der Waals surface area (Å²) in [4.78, 5) is 22.7. The van der Waals surface area contributed by atoms with Gasteiger partial charge < -0.3 is 24.3 Å². The Morgan fingerprint density at radius 1 is 1.28 bits per heavy atom. The Kier molecular flexibility index (Phi) is 8.11. The maximum absolute atomic E-state index is 12.3. The van der Waals surface area contributed by atoms with E-state index >= 15 is 0 Å². The molecule has 32 heavy (non-hydrogen) atoms. The first-order chi connectivity index (χ1) is 15.1. The third-order valence-corrected chi connectivity index (χ3v) is 5.90. The predicted molar refractivity (Wildman–Crippen MR) is 127 cm³/mol. The van der Waals surface area contributed by atoms with Gasteiger partial charge in [0.25, 0.3) is 0 Å². The van der Waals surface area contributed by atoms with Crippen LogP contribution in [-0.2, 0) is 16.2 Å². The number of nitrogens with one attached hydrogen (secondary N) is 1. The number of anilines is 1. The van der Waals surface area contributed by atoms with E-state index in [1.54, 1.807) is 18.1 Å². The lowest BCUT2D eigenvalue weighted by molar-refractivity contribution is 0.0132. The van der Waals surface area contributed by atoms with Crippen molar-refractivity contribution in [3.05, 3.63) is 16.5 Å². The molecule has 10 heteroatoms.